The number of hydrogen-bond acceptors (Lipinski definition) is 6. The summed E-state index contributed by atoms with van der Waals surface area (Å²) in [4.78, 5) is 27.2. The average molecular weight is 406 g/mol. The molecular formula is C21H27NO5S. The number of nitrogens with one attached hydrogen (secondary N) is 1. The van der Waals surface area contributed by atoms with E-state index in [4.69, 9.17) is 14.2 Å². The summed E-state index contributed by atoms with van der Waals surface area (Å²) >= 11 is 1.43. The van der Waals surface area contributed by atoms with E-state index in [0.717, 1.165) is 23.3 Å². The highest BCUT2D eigenvalue weighted by atomic mass is 32.1. The number of amides is 1. The van der Waals surface area contributed by atoms with Gasteiger partial charge >= 0.3 is 5.97 Å². The van der Waals surface area contributed by atoms with Gasteiger partial charge in [0.1, 0.15) is 5.00 Å². The van der Waals surface area contributed by atoms with Crippen LogP contribution in [0.15, 0.2) is 0 Å². The fourth-order valence-corrected chi connectivity index (χ4v) is 7.37. The lowest BCUT2D eigenvalue weighted by atomic mass is 9.66. The number of carbonyl (C=O) groups excluding carboxylic acids is 2. The second kappa shape index (κ2) is 6.03. The smallest absolute Gasteiger partial charge is 0.341 e. The maximum absolute atomic E-state index is 13.6. The highest BCUT2D eigenvalue weighted by molar-refractivity contribution is 7.17. The van der Waals surface area contributed by atoms with Crippen molar-refractivity contribution in [2.75, 3.05) is 25.1 Å². The molecule has 2 aliphatic heterocycles. The van der Waals surface area contributed by atoms with Gasteiger partial charge < -0.3 is 19.5 Å². The Morgan fingerprint density at radius 3 is 2.89 bits per heavy atom. The zero-order valence-electron chi connectivity index (χ0n) is 16.7. The SMILES string of the molecule is CCOC(=O)c1c(NC(=O)[C@]23C[C@H]4CC[C@]2(C)[C@@]4(C)CO3)sc2c1CCOC2. The van der Waals surface area contributed by atoms with Crippen molar-refractivity contribution >= 4 is 28.2 Å². The van der Waals surface area contributed by atoms with Gasteiger partial charge in [-0.05, 0) is 44.1 Å². The van der Waals surface area contributed by atoms with E-state index in [1.54, 1.807) is 6.92 Å². The molecule has 1 saturated heterocycles. The monoisotopic (exact) mass is 405 g/mol. The molecule has 5 rings (SSSR count). The zero-order chi connectivity index (χ0) is 19.7. The van der Waals surface area contributed by atoms with Crippen molar-refractivity contribution in [3.05, 3.63) is 16.0 Å². The van der Waals surface area contributed by atoms with E-state index in [0.29, 0.717) is 49.3 Å². The quantitative estimate of drug-likeness (QED) is 0.776. The Hall–Kier alpha value is -1.44. The Balaban J connectivity index is 1.50. The maximum atomic E-state index is 13.6. The number of ether oxygens (including phenoxy) is 3. The number of thiophene rings is 1. The van der Waals surface area contributed by atoms with Gasteiger partial charge in [0.25, 0.3) is 5.91 Å². The summed E-state index contributed by atoms with van der Waals surface area (Å²) in [6.45, 7) is 8.28. The highest BCUT2D eigenvalue weighted by Gasteiger charge is 2.78. The van der Waals surface area contributed by atoms with Crippen LogP contribution < -0.4 is 5.32 Å². The van der Waals surface area contributed by atoms with Crippen molar-refractivity contribution < 1.29 is 23.8 Å². The van der Waals surface area contributed by atoms with Crippen LogP contribution in [0.4, 0.5) is 5.00 Å². The van der Waals surface area contributed by atoms with Gasteiger partial charge in [0.2, 0.25) is 0 Å². The molecule has 0 radical (unpaired) electrons. The molecule has 1 aromatic heterocycles. The minimum absolute atomic E-state index is 0.0663. The molecule has 1 aromatic rings. The number of carbonyl (C=O) groups is 2. The van der Waals surface area contributed by atoms with Crippen LogP contribution in [0, 0.1) is 16.7 Å². The summed E-state index contributed by atoms with van der Waals surface area (Å²) in [5.41, 5.74) is 0.579. The molecule has 3 heterocycles. The molecule has 0 spiro atoms. The van der Waals surface area contributed by atoms with Crippen molar-refractivity contribution in [2.24, 2.45) is 16.7 Å². The van der Waals surface area contributed by atoms with Gasteiger partial charge in [0.05, 0.1) is 32.0 Å². The standard InChI is InChI=1S/C21H27NO5S/c1-4-26-17(23)15-13-6-8-25-10-14(13)28-16(15)22-18(24)21-9-12-5-7-20(21,3)19(12,2)11-27-21/h12H,4-11H2,1-3H3,(H,22,24)/t12-,19+,20-,21-/m1/s1. The van der Waals surface area contributed by atoms with Crippen molar-refractivity contribution in [1.29, 1.82) is 0 Å². The van der Waals surface area contributed by atoms with E-state index in [-0.39, 0.29) is 22.7 Å². The molecule has 1 N–H and O–H groups in total. The Bertz CT molecular complexity index is 865. The van der Waals surface area contributed by atoms with Gasteiger partial charge in [-0.3, -0.25) is 4.79 Å². The molecular weight excluding hydrogens is 378 g/mol. The van der Waals surface area contributed by atoms with Gasteiger partial charge in [-0.25, -0.2) is 4.79 Å². The number of anilines is 1. The van der Waals surface area contributed by atoms with Crippen LogP contribution in [0.3, 0.4) is 0 Å². The van der Waals surface area contributed by atoms with Crippen molar-refractivity contribution in [3.8, 4) is 0 Å². The first-order valence-electron chi connectivity index (χ1n) is 10.2. The predicted molar refractivity (Wildman–Crippen MR) is 105 cm³/mol. The molecule has 4 atom stereocenters. The number of esters is 1. The van der Waals surface area contributed by atoms with Gasteiger partial charge in [-0.15, -0.1) is 11.3 Å². The van der Waals surface area contributed by atoms with E-state index in [1.165, 1.54) is 17.8 Å². The third-order valence-electron chi connectivity index (χ3n) is 8.09. The van der Waals surface area contributed by atoms with Crippen LogP contribution in [0.2, 0.25) is 0 Å². The third kappa shape index (κ3) is 2.10. The van der Waals surface area contributed by atoms with E-state index in [9.17, 15) is 9.59 Å². The summed E-state index contributed by atoms with van der Waals surface area (Å²) < 4.78 is 17.1. The van der Waals surface area contributed by atoms with Crippen LogP contribution in [-0.4, -0.2) is 37.3 Å². The number of rotatable bonds is 4. The number of fused-ring (bicyclic) bond motifs is 1. The summed E-state index contributed by atoms with van der Waals surface area (Å²) in [6, 6.07) is 0. The molecule has 2 aliphatic carbocycles. The molecule has 1 amide bonds. The van der Waals surface area contributed by atoms with Crippen molar-refractivity contribution in [1.82, 2.24) is 0 Å². The molecule has 6 nitrogen and oxygen atoms in total. The van der Waals surface area contributed by atoms with E-state index >= 15 is 0 Å². The first-order chi connectivity index (χ1) is 13.4. The van der Waals surface area contributed by atoms with Crippen molar-refractivity contribution in [3.63, 3.8) is 0 Å². The largest absolute Gasteiger partial charge is 0.462 e. The molecule has 0 unspecified atom stereocenters. The van der Waals surface area contributed by atoms with Gasteiger partial charge in [0.15, 0.2) is 5.60 Å². The Morgan fingerprint density at radius 1 is 1.36 bits per heavy atom. The fourth-order valence-electron chi connectivity index (χ4n) is 6.20. The molecule has 0 aromatic carbocycles. The maximum Gasteiger partial charge on any atom is 0.341 e. The summed E-state index contributed by atoms with van der Waals surface area (Å²) in [5, 5.41) is 3.67. The third-order valence-corrected chi connectivity index (χ3v) is 9.21. The molecule has 3 fully saturated rings. The first kappa shape index (κ1) is 18.6. The van der Waals surface area contributed by atoms with E-state index < -0.39 is 5.60 Å². The predicted octanol–water partition coefficient (Wildman–Crippen LogP) is 3.53. The van der Waals surface area contributed by atoms with Crippen LogP contribution in [0.5, 0.6) is 0 Å². The lowest BCUT2D eigenvalue weighted by Gasteiger charge is -2.39. The van der Waals surface area contributed by atoms with Gasteiger partial charge in [-0.2, -0.15) is 0 Å². The molecule has 2 saturated carbocycles. The van der Waals surface area contributed by atoms with E-state index in [2.05, 4.69) is 19.2 Å². The lowest BCUT2D eigenvalue weighted by molar-refractivity contribution is -0.149. The van der Waals surface area contributed by atoms with E-state index in [1.807, 2.05) is 0 Å². The Morgan fingerprint density at radius 2 is 2.18 bits per heavy atom. The fraction of sp³-hybridized carbons (Fsp3) is 0.714. The Labute approximate surface area is 168 Å². The molecule has 152 valence electrons. The normalized spacial score (nSPS) is 37.8. The average Bonchev–Trinajstić information content (AvgIpc) is 3.29. The van der Waals surface area contributed by atoms with Crippen LogP contribution in [-0.2, 0) is 32.0 Å². The summed E-state index contributed by atoms with van der Waals surface area (Å²) in [6.07, 6.45) is 3.62. The molecule has 4 aliphatic rings. The minimum Gasteiger partial charge on any atom is -0.462 e. The topological polar surface area (TPSA) is 73.9 Å². The molecule has 4 bridgehead atoms. The van der Waals surface area contributed by atoms with Crippen LogP contribution in [0.25, 0.3) is 0 Å². The van der Waals surface area contributed by atoms with Gasteiger partial charge in [0, 0.05) is 15.7 Å². The van der Waals surface area contributed by atoms with Crippen LogP contribution in [0.1, 0.15) is 60.8 Å². The highest BCUT2D eigenvalue weighted by Crippen LogP contribution is 2.75. The first-order valence-corrected chi connectivity index (χ1v) is 11.0. The summed E-state index contributed by atoms with van der Waals surface area (Å²) in [5.74, 6) is 0.0588. The number of hydrogen-bond donors (Lipinski definition) is 1. The Kier molecular flexibility index (Phi) is 4.00. The minimum atomic E-state index is -0.794. The van der Waals surface area contributed by atoms with Crippen LogP contribution >= 0.6 is 11.3 Å². The lowest BCUT2D eigenvalue weighted by Crippen LogP contribution is -2.52. The summed E-state index contributed by atoms with van der Waals surface area (Å²) in [7, 11) is 0. The molecule has 7 heteroatoms. The molecule has 28 heavy (non-hydrogen) atoms. The second-order valence-electron chi connectivity index (χ2n) is 8.99. The van der Waals surface area contributed by atoms with Crippen molar-refractivity contribution in [2.45, 2.75) is 58.7 Å². The van der Waals surface area contributed by atoms with Gasteiger partial charge in [-0.1, -0.05) is 13.8 Å². The zero-order valence-corrected chi connectivity index (χ0v) is 17.5. The second-order valence-corrected chi connectivity index (χ2v) is 10.1.